The van der Waals surface area contributed by atoms with Crippen LogP contribution in [0.2, 0.25) is 0 Å². The van der Waals surface area contributed by atoms with E-state index in [2.05, 4.69) is 39.5 Å². The molecular weight excluding hydrogens is 276 g/mol. The first-order valence-electron chi connectivity index (χ1n) is 10.3. The van der Waals surface area contributed by atoms with Crippen molar-refractivity contribution < 1.29 is 0 Å². The van der Waals surface area contributed by atoms with Crippen LogP contribution in [0.1, 0.15) is 78.6 Å². The van der Waals surface area contributed by atoms with Gasteiger partial charge in [0.2, 0.25) is 0 Å². The van der Waals surface area contributed by atoms with E-state index in [0.717, 1.165) is 23.7 Å². The van der Waals surface area contributed by atoms with Gasteiger partial charge in [-0.25, -0.2) is 0 Å². The van der Waals surface area contributed by atoms with Crippen molar-refractivity contribution in [3.05, 3.63) is 24.3 Å². The van der Waals surface area contributed by atoms with Gasteiger partial charge in [0.15, 0.2) is 0 Å². The molecule has 3 saturated carbocycles. The standard InChI is InChI=1S/C23H36/c1-5-16(2)19-11-12-20-18-10-9-17-8-6-7-14-22(17,3)21(18)13-15-23(19,20)4/h5,9,16,18-21H,1,6-8,10-15H2,2-4H3/t16-,18+,19-,20+,21+,22+,23-/m1/s1. The second kappa shape index (κ2) is 5.50. The van der Waals surface area contributed by atoms with E-state index in [1.54, 1.807) is 0 Å². The summed E-state index contributed by atoms with van der Waals surface area (Å²) in [6.07, 6.45) is 18.0. The summed E-state index contributed by atoms with van der Waals surface area (Å²) in [5.74, 6) is 4.52. The van der Waals surface area contributed by atoms with Crippen LogP contribution in [0.5, 0.6) is 0 Å². The molecule has 0 N–H and O–H groups in total. The lowest BCUT2D eigenvalue weighted by atomic mass is 9.47. The molecule has 0 aromatic carbocycles. The number of fused-ring (bicyclic) bond motifs is 5. The third-order valence-corrected chi connectivity index (χ3v) is 9.10. The Labute approximate surface area is 143 Å². The molecule has 0 bridgehead atoms. The molecule has 0 amide bonds. The maximum Gasteiger partial charge on any atom is -0.00853 e. The molecule has 0 saturated heterocycles. The second-order valence-electron chi connectivity index (χ2n) is 9.79. The lowest BCUT2D eigenvalue weighted by Gasteiger charge is -2.58. The quantitative estimate of drug-likeness (QED) is 0.493. The zero-order valence-corrected chi connectivity index (χ0v) is 15.6. The van der Waals surface area contributed by atoms with Crippen LogP contribution in [-0.2, 0) is 0 Å². The summed E-state index contributed by atoms with van der Waals surface area (Å²) >= 11 is 0. The van der Waals surface area contributed by atoms with Crippen molar-refractivity contribution >= 4 is 0 Å². The zero-order chi connectivity index (χ0) is 16.2. The molecule has 0 radical (unpaired) electrons. The molecule has 0 heteroatoms. The van der Waals surface area contributed by atoms with Crippen LogP contribution in [0.4, 0.5) is 0 Å². The molecule has 3 fully saturated rings. The summed E-state index contributed by atoms with van der Waals surface area (Å²) in [5, 5.41) is 0. The minimum atomic E-state index is 0.560. The maximum atomic E-state index is 4.11. The smallest absolute Gasteiger partial charge is 0.00853 e. The maximum absolute atomic E-state index is 4.11. The van der Waals surface area contributed by atoms with Gasteiger partial charge in [-0.3, -0.25) is 0 Å². The molecule has 4 aliphatic rings. The van der Waals surface area contributed by atoms with Gasteiger partial charge >= 0.3 is 0 Å². The Morgan fingerprint density at radius 1 is 1.13 bits per heavy atom. The van der Waals surface area contributed by atoms with Gasteiger partial charge in [0.05, 0.1) is 0 Å². The normalized spacial score (nSPS) is 50.3. The average Bonchev–Trinajstić information content (AvgIpc) is 2.91. The van der Waals surface area contributed by atoms with E-state index < -0.39 is 0 Å². The fourth-order valence-electron chi connectivity index (χ4n) is 7.77. The van der Waals surface area contributed by atoms with Crippen LogP contribution in [0.3, 0.4) is 0 Å². The third-order valence-electron chi connectivity index (χ3n) is 9.10. The minimum absolute atomic E-state index is 0.560. The van der Waals surface area contributed by atoms with Gasteiger partial charge in [-0.2, -0.15) is 0 Å². The summed E-state index contributed by atoms with van der Waals surface area (Å²) in [6.45, 7) is 11.8. The van der Waals surface area contributed by atoms with E-state index in [0.29, 0.717) is 16.7 Å². The van der Waals surface area contributed by atoms with E-state index in [1.165, 1.54) is 57.8 Å². The van der Waals surface area contributed by atoms with Crippen LogP contribution in [0.25, 0.3) is 0 Å². The SMILES string of the molecule is C=C[C@@H](C)[C@H]1CC[C@H]2[C@@H]3CC=C4CCCC[C@]4(C)[C@H]3CC[C@]12C. The van der Waals surface area contributed by atoms with Gasteiger partial charge in [-0.05, 0) is 91.8 Å². The van der Waals surface area contributed by atoms with Crippen LogP contribution in [0.15, 0.2) is 24.3 Å². The number of hydrogen-bond acceptors (Lipinski definition) is 0. The predicted molar refractivity (Wildman–Crippen MR) is 99.2 cm³/mol. The highest BCUT2D eigenvalue weighted by Gasteiger charge is 2.58. The highest BCUT2D eigenvalue weighted by atomic mass is 14.6. The topological polar surface area (TPSA) is 0 Å². The molecule has 0 unspecified atom stereocenters. The summed E-state index contributed by atoms with van der Waals surface area (Å²) < 4.78 is 0. The van der Waals surface area contributed by atoms with Crippen molar-refractivity contribution in [1.29, 1.82) is 0 Å². The molecule has 0 heterocycles. The summed E-state index contributed by atoms with van der Waals surface area (Å²) in [6, 6.07) is 0. The van der Waals surface area contributed by atoms with Crippen molar-refractivity contribution in [2.75, 3.05) is 0 Å². The molecule has 7 atom stereocenters. The van der Waals surface area contributed by atoms with Gasteiger partial charge in [0, 0.05) is 0 Å². The first-order valence-corrected chi connectivity index (χ1v) is 10.3. The van der Waals surface area contributed by atoms with E-state index in [4.69, 9.17) is 0 Å². The minimum Gasteiger partial charge on any atom is -0.103 e. The zero-order valence-electron chi connectivity index (χ0n) is 15.6. The lowest BCUT2D eigenvalue weighted by Crippen LogP contribution is -2.49. The molecule has 0 aliphatic heterocycles. The Bertz CT molecular complexity index is 514. The van der Waals surface area contributed by atoms with E-state index in [9.17, 15) is 0 Å². The molecule has 0 aromatic rings. The van der Waals surface area contributed by atoms with E-state index in [1.807, 2.05) is 5.57 Å². The Kier molecular flexibility index (Phi) is 3.82. The molecule has 0 nitrogen and oxygen atoms in total. The molecule has 23 heavy (non-hydrogen) atoms. The number of allylic oxidation sites excluding steroid dienone is 3. The monoisotopic (exact) mass is 312 g/mol. The van der Waals surface area contributed by atoms with Gasteiger partial charge in [0.1, 0.15) is 0 Å². The Morgan fingerprint density at radius 2 is 1.96 bits per heavy atom. The Morgan fingerprint density at radius 3 is 2.74 bits per heavy atom. The van der Waals surface area contributed by atoms with E-state index >= 15 is 0 Å². The van der Waals surface area contributed by atoms with Crippen LogP contribution >= 0.6 is 0 Å². The Balaban J connectivity index is 1.65. The van der Waals surface area contributed by atoms with E-state index in [-0.39, 0.29) is 0 Å². The highest BCUT2D eigenvalue weighted by molar-refractivity contribution is 5.24. The fourth-order valence-corrected chi connectivity index (χ4v) is 7.77. The summed E-state index contributed by atoms with van der Waals surface area (Å²) in [5.41, 5.74) is 3.00. The fraction of sp³-hybridized carbons (Fsp3) is 0.826. The first-order chi connectivity index (χ1) is 11.0. The van der Waals surface area contributed by atoms with Gasteiger partial charge in [0.25, 0.3) is 0 Å². The number of rotatable bonds is 2. The molecule has 128 valence electrons. The molecule has 0 spiro atoms. The molecule has 4 aliphatic carbocycles. The van der Waals surface area contributed by atoms with Crippen molar-refractivity contribution in [1.82, 2.24) is 0 Å². The van der Waals surface area contributed by atoms with Crippen molar-refractivity contribution in [2.24, 2.45) is 40.4 Å². The largest absolute Gasteiger partial charge is 0.103 e. The van der Waals surface area contributed by atoms with Crippen molar-refractivity contribution in [2.45, 2.75) is 78.6 Å². The summed E-state index contributed by atoms with van der Waals surface area (Å²) in [4.78, 5) is 0. The molecule has 4 rings (SSSR count). The van der Waals surface area contributed by atoms with Gasteiger partial charge in [-0.15, -0.1) is 6.58 Å². The van der Waals surface area contributed by atoms with Gasteiger partial charge < -0.3 is 0 Å². The second-order valence-corrected chi connectivity index (χ2v) is 9.79. The molecular formula is C23H36. The van der Waals surface area contributed by atoms with Crippen molar-refractivity contribution in [3.63, 3.8) is 0 Å². The Hall–Kier alpha value is -0.520. The lowest BCUT2D eigenvalue weighted by molar-refractivity contribution is -0.0462. The third kappa shape index (κ3) is 2.16. The van der Waals surface area contributed by atoms with Crippen LogP contribution in [0, 0.1) is 40.4 Å². The average molecular weight is 313 g/mol. The van der Waals surface area contributed by atoms with Crippen LogP contribution in [-0.4, -0.2) is 0 Å². The molecule has 0 aromatic heterocycles. The highest BCUT2D eigenvalue weighted by Crippen LogP contribution is 2.67. The van der Waals surface area contributed by atoms with Crippen LogP contribution < -0.4 is 0 Å². The first kappa shape index (κ1) is 16.0. The van der Waals surface area contributed by atoms with Crippen molar-refractivity contribution in [3.8, 4) is 0 Å². The summed E-state index contributed by atoms with van der Waals surface area (Å²) in [7, 11) is 0. The van der Waals surface area contributed by atoms with Gasteiger partial charge in [-0.1, -0.05) is 44.9 Å². The number of hydrogen-bond donors (Lipinski definition) is 0. The predicted octanol–water partition coefficient (Wildman–Crippen LogP) is 6.78.